The van der Waals surface area contributed by atoms with Crippen LogP contribution in [0.15, 0.2) is 24.3 Å². The average molecular weight is 332 g/mol. The maximum atomic E-state index is 12.3. The number of amides is 1. The molecule has 1 unspecified atom stereocenters. The monoisotopic (exact) mass is 332 g/mol. The van der Waals surface area contributed by atoms with Crippen molar-refractivity contribution in [3.8, 4) is 0 Å². The van der Waals surface area contributed by atoms with Gasteiger partial charge in [0.25, 0.3) is 0 Å². The molecule has 124 valence electrons. The van der Waals surface area contributed by atoms with Crippen LogP contribution in [0.5, 0.6) is 0 Å². The van der Waals surface area contributed by atoms with Crippen LogP contribution in [-0.4, -0.2) is 40.8 Å². The summed E-state index contributed by atoms with van der Waals surface area (Å²) < 4.78 is 0. The number of likely N-dealkylation sites (tertiary alicyclic amines) is 1. The zero-order valence-corrected chi connectivity index (χ0v) is 14.5. The molecule has 1 aromatic carbocycles. The molecule has 0 radical (unpaired) electrons. The number of nitrogens with zero attached hydrogens (tertiary/aromatic N) is 2. The van der Waals surface area contributed by atoms with Crippen LogP contribution >= 0.6 is 11.8 Å². The van der Waals surface area contributed by atoms with Crippen molar-refractivity contribution in [3.05, 3.63) is 29.8 Å². The second kappa shape index (κ2) is 7.49. The molecule has 0 saturated carbocycles. The van der Waals surface area contributed by atoms with Crippen molar-refractivity contribution in [2.75, 3.05) is 24.5 Å². The lowest BCUT2D eigenvalue weighted by Gasteiger charge is -2.27. The molecule has 3 rings (SSSR count). The molecular weight excluding hydrogens is 308 g/mol. The van der Waals surface area contributed by atoms with E-state index in [2.05, 4.69) is 17.0 Å². The first-order chi connectivity index (χ1) is 11.1. The van der Waals surface area contributed by atoms with Gasteiger partial charge in [-0.15, -0.1) is 0 Å². The first-order valence-electron chi connectivity index (χ1n) is 8.41. The summed E-state index contributed by atoms with van der Waals surface area (Å²) in [6.45, 7) is 5.50. The minimum atomic E-state index is 0.0866. The second-order valence-electron chi connectivity index (χ2n) is 6.45. The Kier molecular flexibility index (Phi) is 5.38. The molecular formula is C18H24N2O2S. The molecule has 1 aromatic rings. The molecule has 5 heteroatoms. The number of anilines is 1. The molecule has 0 bridgehead atoms. The Labute approximate surface area is 142 Å². The summed E-state index contributed by atoms with van der Waals surface area (Å²) in [5.74, 6) is 0.124. The molecule has 2 aliphatic rings. The van der Waals surface area contributed by atoms with E-state index in [9.17, 15) is 9.59 Å². The SMILES string of the molecule is CC(=O)SC1CC(=O)N(c2cccc(CN3CCCCC3)c2)C1. The van der Waals surface area contributed by atoms with Crippen LogP contribution in [0.4, 0.5) is 5.69 Å². The Balaban J connectivity index is 1.67. The minimum absolute atomic E-state index is 0.0866. The van der Waals surface area contributed by atoms with Gasteiger partial charge in [-0.3, -0.25) is 14.5 Å². The summed E-state index contributed by atoms with van der Waals surface area (Å²) in [5, 5.41) is 0.175. The lowest BCUT2D eigenvalue weighted by Crippen LogP contribution is -2.29. The van der Waals surface area contributed by atoms with E-state index in [1.165, 1.54) is 49.7 Å². The van der Waals surface area contributed by atoms with Crippen molar-refractivity contribution >= 4 is 28.5 Å². The van der Waals surface area contributed by atoms with Crippen molar-refractivity contribution in [1.82, 2.24) is 4.90 Å². The quantitative estimate of drug-likeness (QED) is 0.850. The van der Waals surface area contributed by atoms with E-state index in [0.717, 1.165) is 12.2 Å². The number of carbonyl (C=O) groups excluding carboxylic acids is 2. The third-order valence-electron chi connectivity index (χ3n) is 4.50. The molecule has 4 nitrogen and oxygen atoms in total. The van der Waals surface area contributed by atoms with Crippen LogP contribution in [0.25, 0.3) is 0 Å². The molecule has 0 spiro atoms. The predicted molar refractivity (Wildman–Crippen MR) is 94.6 cm³/mol. The van der Waals surface area contributed by atoms with Crippen LogP contribution < -0.4 is 4.90 Å². The second-order valence-corrected chi connectivity index (χ2v) is 7.92. The summed E-state index contributed by atoms with van der Waals surface area (Å²) in [6, 6.07) is 8.31. The highest BCUT2D eigenvalue weighted by Gasteiger charge is 2.31. The van der Waals surface area contributed by atoms with Gasteiger partial charge in [-0.2, -0.15) is 0 Å². The van der Waals surface area contributed by atoms with Crippen molar-refractivity contribution in [2.24, 2.45) is 0 Å². The fraction of sp³-hybridized carbons (Fsp3) is 0.556. The Bertz CT molecular complexity index is 584. The first kappa shape index (κ1) is 16.5. The molecule has 1 atom stereocenters. The summed E-state index contributed by atoms with van der Waals surface area (Å²) in [6.07, 6.45) is 4.37. The molecule has 0 N–H and O–H groups in total. The van der Waals surface area contributed by atoms with Crippen molar-refractivity contribution in [3.63, 3.8) is 0 Å². The van der Waals surface area contributed by atoms with E-state index in [1.807, 2.05) is 17.0 Å². The maximum absolute atomic E-state index is 12.3. The Morgan fingerprint density at radius 1 is 1.26 bits per heavy atom. The molecule has 23 heavy (non-hydrogen) atoms. The normalized spacial score (nSPS) is 22.6. The molecule has 2 fully saturated rings. The van der Waals surface area contributed by atoms with E-state index in [0.29, 0.717) is 13.0 Å². The third kappa shape index (κ3) is 4.36. The number of benzene rings is 1. The van der Waals surface area contributed by atoms with E-state index < -0.39 is 0 Å². The zero-order valence-electron chi connectivity index (χ0n) is 13.7. The number of rotatable bonds is 4. The maximum Gasteiger partial charge on any atom is 0.228 e. The number of carbonyl (C=O) groups is 2. The number of thioether (sulfide) groups is 1. The van der Waals surface area contributed by atoms with E-state index in [4.69, 9.17) is 0 Å². The van der Waals surface area contributed by atoms with Crippen molar-refractivity contribution in [2.45, 2.75) is 44.4 Å². The molecule has 2 aliphatic heterocycles. The van der Waals surface area contributed by atoms with Crippen LogP contribution in [0.2, 0.25) is 0 Å². The van der Waals surface area contributed by atoms with E-state index in [-0.39, 0.29) is 16.3 Å². The molecule has 0 aromatic heterocycles. The Hall–Kier alpha value is -1.33. The van der Waals surface area contributed by atoms with Gasteiger partial charge in [-0.25, -0.2) is 0 Å². The Morgan fingerprint density at radius 2 is 2.04 bits per heavy atom. The summed E-state index contributed by atoms with van der Waals surface area (Å²) in [5.41, 5.74) is 2.23. The molecule has 1 amide bonds. The highest BCUT2D eigenvalue weighted by Crippen LogP contribution is 2.29. The fourth-order valence-electron chi connectivity index (χ4n) is 3.44. The minimum Gasteiger partial charge on any atom is -0.311 e. The smallest absolute Gasteiger partial charge is 0.228 e. The van der Waals surface area contributed by atoms with Crippen LogP contribution in [0.3, 0.4) is 0 Å². The molecule has 2 saturated heterocycles. The van der Waals surface area contributed by atoms with Crippen LogP contribution in [0, 0.1) is 0 Å². The van der Waals surface area contributed by atoms with Gasteiger partial charge in [0.05, 0.1) is 0 Å². The lowest BCUT2D eigenvalue weighted by atomic mass is 10.1. The van der Waals surface area contributed by atoms with Gasteiger partial charge in [0.15, 0.2) is 5.12 Å². The largest absolute Gasteiger partial charge is 0.311 e. The van der Waals surface area contributed by atoms with Gasteiger partial charge < -0.3 is 4.90 Å². The fourth-order valence-corrected chi connectivity index (χ4v) is 4.36. The van der Waals surface area contributed by atoms with Crippen molar-refractivity contribution < 1.29 is 9.59 Å². The molecule has 0 aliphatic carbocycles. The van der Waals surface area contributed by atoms with E-state index >= 15 is 0 Å². The predicted octanol–water partition coefficient (Wildman–Crippen LogP) is 3.06. The van der Waals surface area contributed by atoms with Gasteiger partial charge >= 0.3 is 0 Å². The summed E-state index contributed by atoms with van der Waals surface area (Å²) >= 11 is 1.29. The van der Waals surface area contributed by atoms with E-state index in [1.54, 1.807) is 6.92 Å². The first-order valence-corrected chi connectivity index (χ1v) is 9.28. The number of piperidine rings is 1. The van der Waals surface area contributed by atoms with Crippen LogP contribution in [-0.2, 0) is 16.1 Å². The lowest BCUT2D eigenvalue weighted by molar-refractivity contribution is -0.117. The third-order valence-corrected chi connectivity index (χ3v) is 5.48. The average Bonchev–Trinajstić information content (AvgIpc) is 2.88. The van der Waals surface area contributed by atoms with Gasteiger partial charge in [-0.05, 0) is 43.6 Å². The molecule has 2 heterocycles. The summed E-state index contributed by atoms with van der Waals surface area (Å²) in [7, 11) is 0. The van der Waals surface area contributed by atoms with Gasteiger partial charge in [0.2, 0.25) is 5.91 Å². The number of hydrogen-bond donors (Lipinski definition) is 0. The summed E-state index contributed by atoms with van der Waals surface area (Å²) in [4.78, 5) is 27.8. The Morgan fingerprint density at radius 3 is 2.78 bits per heavy atom. The highest BCUT2D eigenvalue weighted by atomic mass is 32.2. The highest BCUT2D eigenvalue weighted by molar-refractivity contribution is 8.14. The van der Waals surface area contributed by atoms with Gasteiger partial charge in [0, 0.05) is 37.4 Å². The van der Waals surface area contributed by atoms with Crippen LogP contribution in [0.1, 0.15) is 38.2 Å². The zero-order chi connectivity index (χ0) is 16.2. The standard InChI is InChI=1S/C18H24N2O2S/c1-14(21)23-17-11-18(22)20(13-17)16-7-5-6-15(10-16)12-19-8-3-2-4-9-19/h5-7,10,17H,2-4,8-9,11-13H2,1H3. The van der Waals surface area contributed by atoms with Gasteiger partial charge in [0.1, 0.15) is 0 Å². The van der Waals surface area contributed by atoms with Gasteiger partial charge in [-0.1, -0.05) is 30.3 Å². The number of hydrogen-bond acceptors (Lipinski definition) is 4. The van der Waals surface area contributed by atoms with Crippen molar-refractivity contribution in [1.29, 1.82) is 0 Å². The topological polar surface area (TPSA) is 40.6 Å².